The van der Waals surface area contributed by atoms with Crippen molar-refractivity contribution in [1.82, 2.24) is 0 Å². The van der Waals surface area contributed by atoms with Crippen LogP contribution in [0.4, 0.5) is 0 Å². The third-order valence-corrected chi connectivity index (χ3v) is 2.87. The largest absolute Gasteiger partial charge is 0.480 e. The van der Waals surface area contributed by atoms with Crippen LogP contribution in [0, 0.1) is 0 Å². The van der Waals surface area contributed by atoms with E-state index in [0.717, 1.165) is 0 Å². The Hall–Kier alpha value is -0.620. The lowest BCUT2D eigenvalue weighted by Crippen LogP contribution is -2.21. The van der Waals surface area contributed by atoms with Gasteiger partial charge in [-0.2, -0.15) is 0 Å². The number of aliphatic hydroxyl groups excluding tert-OH is 1. The zero-order valence-corrected chi connectivity index (χ0v) is 8.88. The molecular weight excluding hydrogens is 283 g/mol. The van der Waals surface area contributed by atoms with Crippen LogP contribution in [0.15, 0.2) is 30.3 Å². The molecule has 0 radical (unpaired) electrons. The smallest absolute Gasteiger partial charge is 0.319 e. The SMILES string of the molecule is O=C(O)C(I)C(O)c1ccccc1. The van der Waals surface area contributed by atoms with Crippen molar-refractivity contribution in [2.45, 2.75) is 10.0 Å². The molecule has 0 fully saturated rings. The summed E-state index contributed by atoms with van der Waals surface area (Å²) in [7, 11) is 0. The van der Waals surface area contributed by atoms with Crippen LogP contribution in [-0.4, -0.2) is 20.1 Å². The summed E-state index contributed by atoms with van der Waals surface area (Å²) in [4.78, 5) is 10.5. The number of carbonyl (C=O) groups is 1. The van der Waals surface area contributed by atoms with Gasteiger partial charge in [-0.05, 0) is 5.56 Å². The summed E-state index contributed by atoms with van der Waals surface area (Å²) in [6.45, 7) is 0. The summed E-state index contributed by atoms with van der Waals surface area (Å²) >= 11 is 1.71. The maximum absolute atomic E-state index is 10.5. The Kier molecular flexibility index (Phi) is 3.68. The molecule has 0 saturated carbocycles. The molecule has 3 nitrogen and oxygen atoms in total. The van der Waals surface area contributed by atoms with Crippen LogP contribution in [0.3, 0.4) is 0 Å². The monoisotopic (exact) mass is 292 g/mol. The molecule has 1 rings (SSSR count). The van der Waals surface area contributed by atoms with Crippen molar-refractivity contribution in [2.24, 2.45) is 0 Å². The highest BCUT2D eigenvalue weighted by Crippen LogP contribution is 2.22. The van der Waals surface area contributed by atoms with Gasteiger partial charge in [-0.25, -0.2) is 0 Å². The van der Waals surface area contributed by atoms with Gasteiger partial charge in [0.2, 0.25) is 0 Å². The number of aliphatic carboxylic acids is 1. The van der Waals surface area contributed by atoms with Crippen molar-refractivity contribution in [3.05, 3.63) is 35.9 Å². The van der Waals surface area contributed by atoms with Gasteiger partial charge in [-0.3, -0.25) is 4.79 Å². The van der Waals surface area contributed by atoms with E-state index in [1.54, 1.807) is 46.9 Å². The van der Waals surface area contributed by atoms with Crippen molar-refractivity contribution in [3.63, 3.8) is 0 Å². The number of carboxylic acids is 1. The van der Waals surface area contributed by atoms with Gasteiger partial charge in [0.05, 0.1) is 0 Å². The van der Waals surface area contributed by atoms with E-state index in [0.29, 0.717) is 5.56 Å². The lowest BCUT2D eigenvalue weighted by molar-refractivity contribution is -0.137. The predicted molar refractivity (Wildman–Crippen MR) is 56.8 cm³/mol. The standard InChI is InChI=1S/C9H9IO3/c10-7(9(12)13)8(11)6-4-2-1-3-5-6/h1-5,7-8,11H,(H,12,13). The van der Waals surface area contributed by atoms with Crippen LogP contribution < -0.4 is 0 Å². The van der Waals surface area contributed by atoms with Gasteiger partial charge in [0.15, 0.2) is 0 Å². The van der Waals surface area contributed by atoms with Crippen LogP contribution in [-0.2, 0) is 4.79 Å². The van der Waals surface area contributed by atoms with Gasteiger partial charge in [0, 0.05) is 0 Å². The number of hydrogen-bond acceptors (Lipinski definition) is 2. The molecule has 0 aromatic heterocycles. The zero-order chi connectivity index (χ0) is 9.84. The maximum atomic E-state index is 10.5. The van der Waals surface area contributed by atoms with Crippen molar-refractivity contribution < 1.29 is 15.0 Å². The molecule has 1 aromatic carbocycles. The molecule has 2 atom stereocenters. The Morgan fingerprint density at radius 1 is 1.31 bits per heavy atom. The molecule has 70 valence electrons. The van der Waals surface area contributed by atoms with Crippen molar-refractivity contribution in [1.29, 1.82) is 0 Å². The van der Waals surface area contributed by atoms with E-state index in [2.05, 4.69) is 0 Å². The van der Waals surface area contributed by atoms with Crippen LogP contribution in [0.1, 0.15) is 11.7 Å². The van der Waals surface area contributed by atoms with E-state index in [-0.39, 0.29) is 0 Å². The second kappa shape index (κ2) is 4.57. The van der Waals surface area contributed by atoms with Gasteiger partial charge < -0.3 is 10.2 Å². The summed E-state index contributed by atoms with van der Waals surface area (Å²) in [6, 6.07) is 8.77. The minimum atomic E-state index is -1.00. The van der Waals surface area contributed by atoms with E-state index in [1.807, 2.05) is 6.07 Å². The summed E-state index contributed by atoms with van der Waals surface area (Å²) in [5.74, 6) is -1.00. The second-order valence-corrected chi connectivity index (χ2v) is 3.94. The van der Waals surface area contributed by atoms with Gasteiger partial charge in [0.1, 0.15) is 10.0 Å². The topological polar surface area (TPSA) is 57.5 Å². The molecule has 4 heteroatoms. The minimum Gasteiger partial charge on any atom is -0.480 e. The average molecular weight is 292 g/mol. The van der Waals surface area contributed by atoms with Crippen LogP contribution in [0.5, 0.6) is 0 Å². The van der Waals surface area contributed by atoms with Crippen molar-refractivity contribution in [3.8, 4) is 0 Å². The molecule has 0 aliphatic rings. The summed E-state index contributed by atoms with van der Waals surface area (Å²) < 4.78 is -0.806. The van der Waals surface area contributed by atoms with Gasteiger partial charge in [0.25, 0.3) is 0 Å². The van der Waals surface area contributed by atoms with E-state index >= 15 is 0 Å². The highest BCUT2D eigenvalue weighted by molar-refractivity contribution is 14.1. The third kappa shape index (κ3) is 2.67. The van der Waals surface area contributed by atoms with Crippen LogP contribution in [0.25, 0.3) is 0 Å². The first kappa shape index (κ1) is 10.5. The second-order valence-electron chi connectivity index (χ2n) is 2.60. The fourth-order valence-corrected chi connectivity index (χ4v) is 1.37. The van der Waals surface area contributed by atoms with Gasteiger partial charge >= 0.3 is 5.97 Å². The molecule has 0 amide bonds. The quantitative estimate of drug-likeness (QED) is 0.657. The van der Waals surface area contributed by atoms with Crippen LogP contribution in [0.2, 0.25) is 0 Å². The Morgan fingerprint density at radius 2 is 1.85 bits per heavy atom. The average Bonchev–Trinajstić information content (AvgIpc) is 2.17. The van der Waals surface area contributed by atoms with E-state index in [4.69, 9.17) is 5.11 Å². The molecule has 0 saturated heterocycles. The Morgan fingerprint density at radius 3 is 2.31 bits per heavy atom. The van der Waals surface area contributed by atoms with E-state index in [1.165, 1.54) is 0 Å². The number of rotatable bonds is 3. The highest BCUT2D eigenvalue weighted by atomic mass is 127. The first-order valence-electron chi connectivity index (χ1n) is 3.73. The first-order chi connectivity index (χ1) is 6.13. The van der Waals surface area contributed by atoms with E-state index < -0.39 is 16.0 Å². The van der Waals surface area contributed by atoms with Crippen molar-refractivity contribution >= 4 is 28.6 Å². The Labute approximate surface area is 89.5 Å². The van der Waals surface area contributed by atoms with Crippen LogP contribution >= 0.6 is 22.6 Å². The Balaban J connectivity index is 2.79. The number of alkyl halides is 1. The number of carboxylic acid groups (broad SMARTS) is 1. The summed E-state index contributed by atoms with van der Waals surface area (Å²) in [5.41, 5.74) is 0.629. The number of aliphatic hydroxyl groups is 1. The lowest BCUT2D eigenvalue weighted by atomic mass is 10.1. The molecule has 1 aromatic rings. The summed E-state index contributed by atoms with van der Waals surface area (Å²) in [5, 5.41) is 18.2. The first-order valence-corrected chi connectivity index (χ1v) is 4.97. The molecule has 0 aliphatic carbocycles. The highest BCUT2D eigenvalue weighted by Gasteiger charge is 2.24. The Bertz CT molecular complexity index is 286. The molecule has 0 aliphatic heterocycles. The lowest BCUT2D eigenvalue weighted by Gasteiger charge is -2.13. The van der Waals surface area contributed by atoms with Gasteiger partial charge in [-0.15, -0.1) is 0 Å². The number of halogens is 1. The van der Waals surface area contributed by atoms with Gasteiger partial charge in [-0.1, -0.05) is 52.9 Å². The number of benzene rings is 1. The molecule has 0 heterocycles. The molecule has 13 heavy (non-hydrogen) atoms. The zero-order valence-electron chi connectivity index (χ0n) is 6.72. The molecule has 2 unspecified atom stereocenters. The van der Waals surface area contributed by atoms with E-state index in [9.17, 15) is 9.90 Å². The molecule has 2 N–H and O–H groups in total. The van der Waals surface area contributed by atoms with Crippen molar-refractivity contribution in [2.75, 3.05) is 0 Å². The third-order valence-electron chi connectivity index (χ3n) is 1.65. The molecular formula is C9H9IO3. The fraction of sp³-hybridized carbons (Fsp3) is 0.222. The predicted octanol–water partition coefficient (Wildman–Crippen LogP) is 1.61. The fourth-order valence-electron chi connectivity index (χ4n) is 0.954. The maximum Gasteiger partial charge on any atom is 0.319 e. The number of hydrogen-bond donors (Lipinski definition) is 2. The molecule has 0 spiro atoms. The summed E-state index contributed by atoms with van der Waals surface area (Å²) in [6.07, 6.45) is -0.945. The minimum absolute atomic E-state index is 0.629. The normalized spacial score (nSPS) is 14.9. The molecule has 0 bridgehead atoms.